The molecule has 0 saturated heterocycles. The monoisotopic (exact) mass is 407 g/mol. The zero-order valence-corrected chi connectivity index (χ0v) is 16.3. The van der Waals surface area contributed by atoms with Crippen molar-refractivity contribution < 1.29 is 13.5 Å². The molecule has 8 heteroatoms. The van der Waals surface area contributed by atoms with Crippen LogP contribution in [0.1, 0.15) is 26.3 Å². The minimum Gasteiger partial charge on any atom is -0.506 e. The van der Waals surface area contributed by atoms with Crippen LogP contribution in [0.3, 0.4) is 0 Å². The number of anilines is 1. The predicted octanol–water partition coefficient (Wildman–Crippen LogP) is 5.45. The van der Waals surface area contributed by atoms with Gasteiger partial charge in [0, 0.05) is 5.02 Å². The molecule has 0 aliphatic rings. The molecule has 0 radical (unpaired) electrons. The number of nitrogens with one attached hydrogen (secondary N) is 1. The summed E-state index contributed by atoms with van der Waals surface area (Å²) in [5.74, 6) is -0.201. The molecule has 2 aromatic rings. The molecule has 0 unspecified atom stereocenters. The van der Waals surface area contributed by atoms with E-state index in [-0.39, 0.29) is 36.8 Å². The van der Waals surface area contributed by atoms with Crippen LogP contribution in [0, 0.1) is 0 Å². The Bertz CT molecular complexity index is 867. The van der Waals surface area contributed by atoms with Gasteiger partial charge in [0.25, 0.3) is 10.0 Å². The van der Waals surface area contributed by atoms with E-state index in [1.165, 1.54) is 18.2 Å². The van der Waals surface area contributed by atoms with E-state index in [0.29, 0.717) is 0 Å². The van der Waals surface area contributed by atoms with Crippen molar-refractivity contribution in [1.29, 1.82) is 0 Å². The first-order chi connectivity index (χ1) is 10.9. The second-order valence-corrected chi connectivity index (χ2v) is 9.16. The van der Waals surface area contributed by atoms with Crippen LogP contribution < -0.4 is 4.72 Å². The van der Waals surface area contributed by atoms with Gasteiger partial charge in [-0.15, -0.1) is 0 Å². The maximum absolute atomic E-state index is 12.6. The number of phenols is 1. The van der Waals surface area contributed by atoms with Crippen LogP contribution in [0.5, 0.6) is 5.75 Å². The molecule has 0 atom stereocenters. The highest BCUT2D eigenvalue weighted by Gasteiger charge is 2.24. The maximum Gasteiger partial charge on any atom is 0.265 e. The van der Waals surface area contributed by atoms with Crippen LogP contribution in [-0.4, -0.2) is 13.5 Å². The summed E-state index contributed by atoms with van der Waals surface area (Å²) in [5.41, 5.74) is 0.680. The van der Waals surface area contributed by atoms with Gasteiger partial charge in [-0.2, -0.15) is 0 Å². The van der Waals surface area contributed by atoms with E-state index in [2.05, 4.69) is 4.72 Å². The first-order valence-corrected chi connectivity index (χ1v) is 9.54. The highest BCUT2D eigenvalue weighted by molar-refractivity contribution is 7.93. The van der Waals surface area contributed by atoms with Gasteiger partial charge in [-0.05, 0) is 35.2 Å². The molecule has 2 N–H and O–H groups in total. The average molecular weight is 409 g/mol. The smallest absolute Gasteiger partial charge is 0.265 e. The van der Waals surface area contributed by atoms with Crippen molar-refractivity contribution in [2.75, 3.05) is 4.72 Å². The highest BCUT2D eigenvalue weighted by atomic mass is 35.5. The van der Waals surface area contributed by atoms with Gasteiger partial charge in [-0.3, -0.25) is 4.72 Å². The van der Waals surface area contributed by atoms with Crippen LogP contribution in [-0.2, 0) is 15.4 Å². The first-order valence-electron chi connectivity index (χ1n) is 6.92. The van der Waals surface area contributed by atoms with Crippen molar-refractivity contribution in [1.82, 2.24) is 0 Å². The maximum atomic E-state index is 12.6. The number of phenolic OH excluding ortho intramolecular Hbond substituents is 1. The molecule has 130 valence electrons. The molecule has 0 spiro atoms. The molecule has 0 amide bonds. The Morgan fingerprint density at radius 1 is 1.00 bits per heavy atom. The second kappa shape index (κ2) is 6.64. The molecular weight excluding hydrogens is 393 g/mol. The van der Waals surface area contributed by atoms with Gasteiger partial charge >= 0.3 is 0 Å². The quantitative estimate of drug-likeness (QED) is 0.663. The Kier molecular flexibility index (Phi) is 5.31. The Morgan fingerprint density at radius 3 is 2.04 bits per heavy atom. The van der Waals surface area contributed by atoms with Gasteiger partial charge in [0.05, 0.1) is 15.7 Å². The molecule has 0 fully saturated rings. The Hall–Kier alpha value is -1.14. The van der Waals surface area contributed by atoms with E-state index in [1.807, 2.05) is 20.8 Å². The lowest BCUT2D eigenvalue weighted by molar-refractivity contribution is 0.476. The van der Waals surface area contributed by atoms with Crippen molar-refractivity contribution in [2.45, 2.75) is 31.1 Å². The average Bonchev–Trinajstić information content (AvgIpc) is 2.37. The fraction of sp³-hybridized carbons (Fsp3) is 0.250. The minimum atomic E-state index is -4.11. The van der Waals surface area contributed by atoms with Gasteiger partial charge in [-0.25, -0.2) is 8.42 Å². The highest BCUT2D eigenvalue weighted by Crippen LogP contribution is 2.36. The molecule has 4 nitrogen and oxygen atoms in total. The lowest BCUT2D eigenvalue weighted by Gasteiger charge is -2.21. The summed E-state index contributed by atoms with van der Waals surface area (Å²) >= 11 is 17.8. The van der Waals surface area contributed by atoms with E-state index in [0.717, 1.165) is 5.56 Å². The van der Waals surface area contributed by atoms with Gasteiger partial charge < -0.3 is 5.11 Å². The fourth-order valence-corrected chi connectivity index (χ4v) is 4.68. The summed E-state index contributed by atoms with van der Waals surface area (Å²) in [6, 6.07) is 7.31. The zero-order chi connectivity index (χ0) is 18.3. The number of sulfonamides is 1. The van der Waals surface area contributed by atoms with E-state index in [9.17, 15) is 13.5 Å². The summed E-state index contributed by atoms with van der Waals surface area (Å²) in [7, 11) is -4.11. The third-order valence-corrected chi connectivity index (χ3v) is 5.84. The normalized spacial score (nSPS) is 12.2. The van der Waals surface area contributed by atoms with Crippen LogP contribution in [0.4, 0.5) is 5.69 Å². The van der Waals surface area contributed by atoms with Crippen molar-refractivity contribution in [3.63, 3.8) is 0 Å². The molecule has 0 saturated carbocycles. The molecular formula is C16H16Cl3NO3S. The number of hydrogen-bond donors (Lipinski definition) is 2. The number of aromatic hydroxyl groups is 1. The van der Waals surface area contributed by atoms with Crippen LogP contribution in [0.15, 0.2) is 35.2 Å². The van der Waals surface area contributed by atoms with Crippen molar-refractivity contribution in [3.05, 3.63) is 51.0 Å². The Morgan fingerprint density at radius 2 is 1.54 bits per heavy atom. The van der Waals surface area contributed by atoms with E-state index in [4.69, 9.17) is 34.8 Å². The lowest BCUT2D eigenvalue weighted by atomic mass is 9.87. The Labute approximate surface area is 156 Å². The lowest BCUT2D eigenvalue weighted by Crippen LogP contribution is -2.16. The molecule has 0 bridgehead atoms. The van der Waals surface area contributed by atoms with Gasteiger partial charge in [0.2, 0.25) is 0 Å². The van der Waals surface area contributed by atoms with Crippen LogP contribution in [0.25, 0.3) is 0 Å². The van der Waals surface area contributed by atoms with Gasteiger partial charge in [0.15, 0.2) is 0 Å². The fourth-order valence-electron chi connectivity index (χ4n) is 2.07. The molecule has 2 aromatic carbocycles. The SMILES string of the molecule is CC(C)(C)c1ccc(O)c(NS(=O)(=O)c2c(Cl)cc(Cl)cc2Cl)c1. The summed E-state index contributed by atoms with van der Waals surface area (Å²) in [6.07, 6.45) is 0. The summed E-state index contributed by atoms with van der Waals surface area (Å²) in [5, 5.41) is 9.99. The van der Waals surface area contributed by atoms with E-state index < -0.39 is 10.0 Å². The van der Waals surface area contributed by atoms with Gasteiger partial charge in [-0.1, -0.05) is 61.6 Å². The summed E-state index contributed by atoms with van der Waals surface area (Å²) < 4.78 is 27.6. The largest absolute Gasteiger partial charge is 0.506 e. The van der Waals surface area contributed by atoms with Crippen LogP contribution >= 0.6 is 34.8 Å². The molecule has 24 heavy (non-hydrogen) atoms. The number of benzene rings is 2. The molecule has 2 rings (SSSR count). The molecule has 0 aliphatic carbocycles. The van der Waals surface area contributed by atoms with E-state index >= 15 is 0 Å². The summed E-state index contributed by atoms with van der Waals surface area (Å²) in [4.78, 5) is -0.296. The zero-order valence-electron chi connectivity index (χ0n) is 13.2. The summed E-state index contributed by atoms with van der Waals surface area (Å²) in [6.45, 7) is 5.93. The third kappa shape index (κ3) is 4.09. The number of halogens is 3. The molecule has 0 aliphatic heterocycles. The van der Waals surface area contributed by atoms with E-state index in [1.54, 1.807) is 12.1 Å². The van der Waals surface area contributed by atoms with Crippen molar-refractivity contribution in [2.24, 2.45) is 0 Å². The number of rotatable bonds is 3. The number of hydrogen-bond acceptors (Lipinski definition) is 3. The van der Waals surface area contributed by atoms with Crippen molar-refractivity contribution >= 4 is 50.5 Å². The topological polar surface area (TPSA) is 66.4 Å². The standard InChI is InChI=1S/C16H16Cl3NO3S/c1-16(2,3)9-4-5-14(21)13(6-9)20-24(22,23)15-11(18)7-10(17)8-12(15)19/h4-8,20-21H,1-3H3. The third-order valence-electron chi connectivity index (χ3n) is 3.34. The minimum absolute atomic E-state index is 0.0458. The predicted molar refractivity (Wildman–Crippen MR) is 99.1 cm³/mol. The molecule has 0 aromatic heterocycles. The second-order valence-electron chi connectivity index (χ2n) is 6.29. The van der Waals surface area contributed by atoms with Gasteiger partial charge in [0.1, 0.15) is 10.6 Å². The van der Waals surface area contributed by atoms with Crippen LogP contribution in [0.2, 0.25) is 15.1 Å². The Balaban J connectivity index is 2.51. The first kappa shape index (κ1) is 19.2. The van der Waals surface area contributed by atoms with Crippen molar-refractivity contribution in [3.8, 4) is 5.75 Å². The molecule has 0 heterocycles.